The van der Waals surface area contributed by atoms with E-state index < -0.39 is 15.9 Å². The van der Waals surface area contributed by atoms with Gasteiger partial charge in [0, 0.05) is 18.8 Å². The van der Waals surface area contributed by atoms with Crippen molar-refractivity contribution < 1.29 is 18.0 Å². The molecule has 0 spiro atoms. The number of sulfonamides is 1. The summed E-state index contributed by atoms with van der Waals surface area (Å²) in [4.78, 5) is 25.5. The van der Waals surface area contributed by atoms with Crippen molar-refractivity contribution in [3.63, 3.8) is 0 Å². The topological polar surface area (TPSA) is 95.6 Å². The number of amides is 2. The molecule has 0 saturated carbocycles. The zero-order valence-electron chi connectivity index (χ0n) is 16.5. The number of nitrogens with one attached hydrogen (secondary N) is 2. The van der Waals surface area contributed by atoms with Crippen LogP contribution in [0.5, 0.6) is 0 Å². The number of aryl methyl sites for hydroxylation is 1. The van der Waals surface area contributed by atoms with Crippen molar-refractivity contribution >= 4 is 33.2 Å². The van der Waals surface area contributed by atoms with Crippen molar-refractivity contribution in [2.24, 2.45) is 5.92 Å². The lowest BCUT2D eigenvalue weighted by molar-refractivity contribution is -0.120. The summed E-state index contributed by atoms with van der Waals surface area (Å²) in [6.07, 6.45) is 2.38. The fourth-order valence-corrected chi connectivity index (χ4v) is 4.32. The largest absolute Gasteiger partial charge is 0.325 e. The SMILES string of the molecule is Cc1cccc(NC(=O)c2ccccc2NC(=O)C2CCCN(S(C)(=O)=O)C2)c1. The second kappa shape index (κ2) is 8.75. The first-order valence-electron chi connectivity index (χ1n) is 9.47. The molecule has 3 rings (SSSR count). The molecule has 0 radical (unpaired) electrons. The molecule has 29 heavy (non-hydrogen) atoms. The summed E-state index contributed by atoms with van der Waals surface area (Å²) in [6.45, 7) is 2.52. The monoisotopic (exact) mass is 415 g/mol. The van der Waals surface area contributed by atoms with Crippen molar-refractivity contribution in [3.8, 4) is 0 Å². The third-order valence-corrected chi connectivity index (χ3v) is 6.20. The molecule has 7 nitrogen and oxygen atoms in total. The number of carbonyl (C=O) groups excluding carboxylic acids is 2. The second-order valence-corrected chi connectivity index (χ2v) is 9.30. The number of rotatable bonds is 5. The maximum atomic E-state index is 12.8. The summed E-state index contributed by atoms with van der Waals surface area (Å²) >= 11 is 0. The highest BCUT2D eigenvalue weighted by Crippen LogP contribution is 2.23. The normalized spacial score (nSPS) is 17.5. The molecule has 2 aromatic carbocycles. The molecule has 0 bridgehead atoms. The number of benzene rings is 2. The predicted molar refractivity (Wildman–Crippen MR) is 113 cm³/mol. The van der Waals surface area contributed by atoms with Gasteiger partial charge < -0.3 is 10.6 Å². The minimum atomic E-state index is -3.34. The third-order valence-electron chi connectivity index (χ3n) is 4.93. The number of para-hydroxylation sites is 1. The maximum Gasteiger partial charge on any atom is 0.257 e. The number of piperidine rings is 1. The van der Waals surface area contributed by atoms with Gasteiger partial charge in [-0.15, -0.1) is 0 Å². The molecule has 154 valence electrons. The lowest BCUT2D eigenvalue weighted by atomic mass is 9.98. The van der Waals surface area contributed by atoms with Crippen molar-refractivity contribution in [1.29, 1.82) is 0 Å². The number of hydrogen-bond acceptors (Lipinski definition) is 4. The van der Waals surface area contributed by atoms with Gasteiger partial charge in [0.1, 0.15) is 0 Å². The van der Waals surface area contributed by atoms with E-state index >= 15 is 0 Å². The molecule has 0 aliphatic carbocycles. The van der Waals surface area contributed by atoms with Crippen LogP contribution in [0.4, 0.5) is 11.4 Å². The molecule has 1 aliphatic rings. The van der Waals surface area contributed by atoms with Crippen LogP contribution in [0.15, 0.2) is 48.5 Å². The summed E-state index contributed by atoms with van der Waals surface area (Å²) in [7, 11) is -3.34. The van der Waals surface area contributed by atoms with Gasteiger partial charge in [0.2, 0.25) is 15.9 Å². The molecule has 0 aromatic heterocycles. The fourth-order valence-electron chi connectivity index (χ4n) is 3.40. The highest BCUT2D eigenvalue weighted by atomic mass is 32.2. The molecule has 1 saturated heterocycles. The molecule has 1 heterocycles. The minimum absolute atomic E-state index is 0.155. The number of nitrogens with zero attached hydrogens (tertiary/aromatic N) is 1. The minimum Gasteiger partial charge on any atom is -0.325 e. The molecule has 8 heteroatoms. The zero-order valence-corrected chi connectivity index (χ0v) is 17.3. The van der Waals surface area contributed by atoms with Crippen LogP contribution in [0.2, 0.25) is 0 Å². The number of anilines is 2. The van der Waals surface area contributed by atoms with Crippen LogP contribution in [0.3, 0.4) is 0 Å². The molecular weight excluding hydrogens is 390 g/mol. The summed E-state index contributed by atoms with van der Waals surface area (Å²) in [6, 6.07) is 14.2. The second-order valence-electron chi connectivity index (χ2n) is 7.32. The van der Waals surface area contributed by atoms with Gasteiger partial charge in [-0.2, -0.15) is 0 Å². The van der Waals surface area contributed by atoms with Gasteiger partial charge in [-0.05, 0) is 49.6 Å². The fraction of sp³-hybridized carbons (Fsp3) is 0.333. The van der Waals surface area contributed by atoms with E-state index in [2.05, 4.69) is 10.6 Å². The summed E-state index contributed by atoms with van der Waals surface area (Å²) in [5, 5.41) is 5.65. The highest BCUT2D eigenvalue weighted by Gasteiger charge is 2.30. The third kappa shape index (κ3) is 5.42. The summed E-state index contributed by atoms with van der Waals surface area (Å²) < 4.78 is 24.9. The van der Waals surface area contributed by atoms with Gasteiger partial charge in [0.05, 0.1) is 23.4 Å². The highest BCUT2D eigenvalue weighted by molar-refractivity contribution is 7.88. The first kappa shape index (κ1) is 21.0. The average molecular weight is 416 g/mol. The molecule has 1 aliphatic heterocycles. The van der Waals surface area contributed by atoms with E-state index in [1.54, 1.807) is 30.3 Å². The Labute approximate surface area is 171 Å². The molecule has 1 unspecified atom stereocenters. The van der Waals surface area contributed by atoms with Crippen LogP contribution in [0.1, 0.15) is 28.8 Å². The van der Waals surface area contributed by atoms with Crippen LogP contribution in [-0.4, -0.2) is 43.9 Å². The molecule has 2 N–H and O–H groups in total. The number of hydrogen-bond donors (Lipinski definition) is 2. The Balaban J connectivity index is 1.73. The quantitative estimate of drug-likeness (QED) is 0.785. The zero-order chi connectivity index (χ0) is 21.0. The van der Waals surface area contributed by atoms with Gasteiger partial charge in [-0.1, -0.05) is 24.3 Å². The van der Waals surface area contributed by atoms with Crippen LogP contribution in [0.25, 0.3) is 0 Å². The van der Waals surface area contributed by atoms with Gasteiger partial charge in [-0.25, -0.2) is 12.7 Å². The first-order valence-corrected chi connectivity index (χ1v) is 11.3. The Kier molecular flexibility index (Phi) is 6.34. The van der Waals surface area contributed by atoms with Gasteiger partial charge in [0.15, 0.2) is 0 Å². The van der Waals surface area contributed by atoms with Crippen molar-refractivity contribution in [1.82, 2.24) is 4.31 Å². The van der Waals surface area contributed by atoms with Crippen LogP contribution in [0, 0.1) is 12.8 Å². The smallest absolute Gasteiger partial charge is 0.257 e. The summed E-state index contributed by atoms with van der Waals surface area (Å²) in [5.41, 5.74) is 2.45. The Hall–Kier alpha value is -2.71. The number of carbonyl (C=O) groups is 2. The van der Waals surface area contributed by atoms with E-state index in [0.717, 1.165) is 11.8 Å². The Bertz CT molecular complexity index is 1020. The Morgan fingerprint density at radius 1 is 1.07 bits per heavy atom. The van der Waals surface area contributed by atoms with Crippen molar-refractivity contribution in [2.45, 2.75) is 19.8 Å². The molecular formula is C21H25N3O4S. The summed E-state index contributed by atoms with van der Waals surface area (Å²) in [5.74, 6) is -1.06. The maximum absolute atomic E-state index is 12.8. The van der Waals surface area contributed by atoms with Gasteiger partial charge >= 0.3 is 0 Å². The van der Waals surface area contributed by atoms with Crippen LogP contribution in [-0.2, 0) is 14.8 Å². The average Bonchev–Trinajstić information content (AvgIpc) is 2.68. The molecule has 1 atom stereocenters. The van der Waals surface area contributed by atoms with E-state index in [0.29, 0.717) is 36.3 Å². The van der Waals surface area contributed by atoms with E-state index in [-0.39, 0.29) is 18.4 Å². The van der Waals surface area contributed by atoms with Gasteiger partial charge in [-0.3, -0.25) is 9.59 Å². The Morgan fingerprint density at radius 3 is 2.55 bits per heavy atom. The van der Waals surface area contributed by atoms with E-state index in [1.807, 2.05) is 25.1 Å². The molecule has 1 fully saturated rings. The molecule has 2 amide bonds. The molecule has 2 aromatic rings. The van der Waals surface area contributed by atoms with E-state index in [9.17, 15) is 18.0 Å². The lowest BCUT2D eigenvalue weighted by Gasteiger charge is -2.30. The van der Waals surface area contributed by atoms with Crippen molar-refractivity contribution in [2.75, 3.05) is 30.0 Å². The standard InChI is InChI=1S/C21H25N3O4S/c1-15-7-5-9-17(13-15)22-21(26)18-10-3-4-11-19(18)23-20(25)16-8-6-12-24(14-16)29(2,27)28/h3-5,7,9-11,13,16H,6,8,12,14H2,1-2H3,(H,22,26)(H,23,25). The van der Waals surface area contributed by atoms with Gasteiger partial charge in [0.25, 0.3) is 5.91 Å². The van der Waals surface area contributed by atoms with Crippen LogP contribution < -0.4 is 10.6 Å². The predicted octanol–water partition coefficient (Wildman–Crippen LogP) is 2.86. The lowest BCUT2D eigenvalue weighted by Crippen LogP contribution is -2.43. The Morgan fingerprint density at radius 2 is 1.83 bits per heavy atom. The first-order chi connectivity index (χ1) is 13.7. The van der Waals surface area contributed by atoms with Crippen LogP contribution >= 0.6 is 0 Å². The van der Waals surface area contributed by atoms with E-state index in [1.165, 1.54) is 4.31 Å². The van der Waals surface area contributed by atoms with Crippen molar-refractivity contribution in [3.05, 3.63) is 59.7 Å². The van der Waals surface area contributed by atoms with E-state index in [4.69, 9.17) is 0 Å².